The van der Waals surface area contributed by atoms with E-state index in [0.717, 1.165) is 5.56 Å². The van der Waals surface area contributed by atoms with Gasteiger partial charge in [0.1, 0.15) is 0 Å². The highest BCUT2D eigenvalue weighted by Gasteiger charge is 2.11. The average Bonchev–Trinajstić information content (AvgIpc) is 2.54. The van der Waals surface area contributed by atoms with Crippen LogP contribution in [0.5, 0.6) is 0 Å². The van der Waals surface area contributed by atoms with Gasteiger partial charge in [0.2, 0.25) is 5.91 Å². The molecule has 0 aliphatic heterocycles. The van der Waals surface area contributed by atoms with Crippen molar-refractivity contribution in [1.82, 2.24) is 10.6 Å². The van der Waals surface area contributed by atoms with E-state index in [1.54, 1.807) is 24.3 Å². The van der Waals surface area contributed by atoms with Gasteiger partial charge in [-0.1, -0.05) is 41.9 Å². The Kier molecular flexibility index (Phi) is 6.00. The predicted molar refractivity (Wildman–Crippen MR) is 91.5 cm³/mol. The van der Waals surface area contributed by atoms with Gasteiger partial charge in [0.25, 0.3) is 0 Å². The third-order valence-electron chi connectivity index (χ3n) is 3.17. The molecule has 2 aromatic rings. The zero-order valence-electron chi connectivity index (χ0n) is 12.7. The normalized spacial score (nSPS) is 11.4. The molecule has 1 atom stereocenters. The summed E-state index contributed by atoms with van der Waals surface area (Å²) >= 11 is 5.93. The molecule has 0 unspecified atom stereocenters. The topological polar surface area (TPSA) is 70.2 Å². The summed E-state index contributed by atoms with van der Waals surface area (Å²) in [6.45, 7) is 1.75. The summed E-state index contributed by atoms with van der Waals surface area (Å²) in [4.78, 5) is 23.6. The molecule has 0 saturated carbocycles. The van der Waals surface area contributed by atoms with Crippen LogP contribution in [0.25, 0.3) is 0 Å². The predicted octanol–water partition coefficient (Wildman–Crippen LogP) is 3.34. The number of halogens is 1. The highest BCUT2D eigenvalue weighted by molar-refractivity contribution is 6.30. The van der Waals surface area contributed by atoms with Crippen molar-refractivity contribution in [3.63, 3.8) is 0 Å². The first-order chi connectivity index (χ1) is 11.0. The van der Waals surface area contributed by atoms with Crippen molar-refractivity contribution in [2.45, 2.75) is 13.0 Å². The van der Waals surface area contributed by atoms with Gasteiger partial charge in [0.15, 0.2) is 0 Å². The molecular weight excluding hydrogens is 314 g/mol. The zero-order chi connectivity index (χ0) is 16.7. The molecule has 120 valence electrons. The second kappa shape index (κ2) is 8.19. The summed E-state index contributed by atoms with van der Waals surface area (Å²) in [6.07, 6.45) is 0. The maximum absolute atomic E-state index is 11.9. The molecule has 6 heteroatoms. The van der Waals surface area contributed by atoms with Crippen LogP contribution in [0.4, 0.5) is 10.5 Å². The van der Waals surface area contributed by atoms with E-state index in [0.29, 0.717) is 10.7 Å². The Labute approximate surface area is 140 Å². The molecule has 3 N–H and O–H groups in total. The van der Waals surface area contributed by atoms with Crippen LogP contribution < -0.4 is 16.0 Å². The maximum Gasteiger partial charge on any atom is 0.319 e. The molecule has 0 spiro atoms. The van der Waals surface area contributed by atoms with Crippen molar-refractivity contribution in [1.29, 1.82) is 0 Å². The summed E-state index contributed by atoms with van der Waals surface area (Å²) < 4.78 is 0. The lowest BCUT2D eigenvalue weighted by atomic mass is 10.1. The zero-order valence-corrected chi connectivity index (χ0v) is 13.4. The number of carbonyl (C=O) groups is 2. The summed E-state index contributed by atoms with van der Waals surface area (Å²) in [6, 6.07) is 15.7. The summed E-state index contributed by atoms with van der Waals surface area (Å²) in [7, 11) is 0. The van der Waals surface area contributed by atoms with E-state index in [9.17, 15) is 9.59 Å². The number of benzene rings is 2. The van der Waals surface area contributed by atoms with E-state index in [-0.39, 0.29) is 18.5 Å². The number of amides is 3. The number of carbonyl (C=O) groups excluding carboxylic acids is 2. The summed E-state index contributed by atoms with van der Waals surface area (Å²) in [5.41, 5.74) is 1.57. The minimum Gasteiger partial charge on any atom is -0.348 e. The third kappa shape index (κ3) is 5.64. The van der Waals surface area contributed by atoms with Gasteiger partial charge in [0.05, 0.1) is 12.6 Å². The lowest BCUT2D eigenvalue weighted by Crippen LogP contribution is -2.39. The van der Waals surface area contributed by atoms with Crippen molar-refractivity contribution in [2.75, 3.05) is 11.9 Å². The van der Waals surface area contributed by atoms with E-state index >= 15 is 0 Å². The molecule has 0 heterocycles. The van der Waals surface area contributed by atoms with Gasteiger partial charge in [-0.25, -0.2) is 4.79 Å². The van der Waals surface area contributed by atoms with Crippen molar-refractivity contribution >= 4 is 29.2 Å². The molecule has 0 bridgehead atoms. The molecule has 2 rings (SSSR count). The van der Waals surface area contributed by atoms with Gasteiger partial charge in [-0.05, 0) is 36.8 Å². The van der Waals surface area contributed by atoms with Gasteiger partial charge in [-0.15, -0.1) is 0 Å². The van der Waals surface area contributed by atoms with Crippen LogP contribution in [-0.4, -0.2) is 18.5 Å². The average molecular weight is 332 g/mol. The first-order valence-electron chi connectivity index (χ1n) is 7.19. The standard InChI is InChI=1S/C17H18ClN3O2/c1-12(13-6-5-7-14(18)10-13)20-16(22)11-19-17(23)21-15-8-3-2-4-9-15/h2-10,12H,11H2,1H3,(H,20,22)(H2,19,21,23)/t12-/m1/s1. The Morgan fingerprint density at radius 1 is 1.09 bits per heavy atom. The number of para-hydroxylation sites is 1. The van der Waals surface area contributed by atoms with Gasteiger partial charge in [0, 0.05) is 10.7 Å². The molecule has 5 nitrogen and oxygen atoms in total. The molecule has 23 heavy (non-hydrogen) atoms. The van der Waals surface area contributed by atoms with Crippen molar-refractivity contribution < 1.29 is 9.59 Å². The fourth-order valence-corrected chi connectivity index (χ4v) is 2.21. The Bertz CT molecular complexity index is 677. The first-order valence-corrected chi connectivity index (χ1v) is 7.57. The SMILES string of the molecule is C[C@@H](NC(=O)CNC(=O)Nc1ccccc1)c1cccc(Cl)c1. The minimum absolute atomic E-state index is 0.108. The second-order valence-corrected chi connectivity index (χ2v) is 5.45. The monoisotopic (exact) mass is 331 g/mol. The fourth-order valence-electron chi connectivity index (χ4n) is 2.01. The molecule has 0 aliphatic rings. The highest BCUT2D eigenvalue weighted by Crippen LogP contribution is 2.17. The van der Waals surface area contributed by atoms with Crippen LogP contribution in [0.1, 0.15) is 18.5 Å². The maximum atomic E-state index is 11.9. The largest absolute Gasteiger partial charge is 0.348 e. The fraction of sp³-hybridized carbons (Fsp3) is 0.176. The van der Waals surface area contributed by atoms with Crippen LogP contribution in [0.15, 0.2) is 54.6 Å². The Morgan fingerprint density at radius 3 is 2.52 bits per heavy atom. The van der Waals surface area contributed by atoms with Crippen LogP contribution >= 0.6 is 11.6 Å². The van der Waals surface area contributed by atoms with Gasteiger partial charge in [-0.3, -0.25) is 4.79 Å². The number of hydrogen-bond acceptors (Lipinski definition) is 2. The van der Waals surface area contributed by atoms with E-state index in [2.05, 4.69) is 16.0 Å². The van der Waals surface area contributed by atoms with Crippen LogP contribution in [0.3, 0.4) is 0 Å². The minimum atomic E-state index is -0.429. The van der Waals surface area contributed by atoms with E-state index in [4.69, 9.17) is 11.6 Å². The third-order valence-corrected chi connectivity index (χ3v) is 3.40. The molecule has 2 aromatic carbocycles. The number of nitrogens with one attached hydrogen (secondary N) is 3. The quantitative estimate of drug-likeness (QED) is 0.786. The van der Waals surface area contributed by atoms with E-state index in [1.165, 1.54) is 0 Å². The van der Waals surface area contributed by atoms with Gasteiger partial charge >= 0.3 is 6.03 Å². The lowest BCUT2D eigenvalue weighted by Gasteiger charge is -2.15. The molecule has 0 saturated heterocycles. The second-order valence-electron chi connectivity index (χ2n) is 5.02. The number of hydrogen-bond donors (Lipinski definition) is 3. The number of rotatable bonds is 5. The van der Waals surface area contributed by atoms with Gasteiger partial charge < -0.3 is 16.0 Å². The van der Waals surface area contributed by atoms with Crippen molar-refractivity contribution in [3.8, 4) is 0 Å². The molecule has 0 fully saturated rings. The number of anilines is 1. The van der Waals surface area contributed by atoms with E-state index < -0.39 is 6.03 Å². The van der Waals surface area contributed by atoms with E-state index in [1.807, 2.05) is 37.3 Å². The lowest BCUT2D eigenvalue weighted by molar-refractivity contribution is -0.120. The molecule has 0 radical (unpaired) electrons. The summed E-state index contributed by atoms with van der Waals surface area (Å²) in [5.74, 6) is -0.277. The Hall–Kier alpha value is -2.53. The van der Waals surface area contributed by atoms with Crippen LogP contribution in [-0.2, 0) is 4.79 Å². The molecule has 3 amide bonds. The van der Waals surface area contributed by atoms with Gasteiger partial charge in [-0.2, -0.15) is 0 Å². The van der Waals surface area contributed by atoms with Crippen molar-refractivity contribution in [3.05, 3.63) is 65.2 Å². The van der Waals surface area contributed by atoms with Crippen LogP contribution in [0, 0.1) is 0 Å². The van der Waals surface area contributed by atoms with Crippen molar-refractivity contribution in [2.24, 2.45) is 0 Å². The molecule has 0 aromatic heterocycles. The Morgan fingerprint density at radius 2 is 1.83 bits per heavy atom. The molecular formula is C17H18ClN3O2. The van der Waals surface area contributed by atoms with Crippen LogP contribution in [0.2, 0.25) is 5.02 Å². The molecule has 0 aliphatic carbocycles. The summed E-state index contributed by atoms with van der Waals surface area (Å²) in [5, 5.41) is 8.57. The first kappa shape index (κ1) is 16.8. The smallest absolute Gasteiger partial charge is 0.319 e. The highest BCUT2D eigenvalue weighted by atomic mass is 35.5. The number of urea groups is 1. The Balaban J connectivity index is 1.77.